The molecule has 0 aliphatic carbocycles. The number of carbonyl (C=O) groups is 6. The van der Waals surface area contributed by atoms with Gasteiger partial charge in [-0.25, -0.2) is 9.59 Å². The number of halogens is 2. The van der Waals surface area contributed by atoms with Crippen molar-refractivity contribution in [2.24, 2.45) is 0 Å². The predicted octanol–water partition coefficient (Wildman–Crippen LogP) is 5.00. The molecular weight excluding hydrogens is 832 g/mol. The Morgan fingerprint density at radius 2 is 0.981 bits per heavy atom. The number of rotatable bonds is 19. The first-order valence-corrected chi connectivity index (χ1v) is 20.4. The smallest absolute Gasteiger partial charge is 0.410 e. The van der Waals surface area contributed by atoms with Gasteiger partial charge in [-0.15, -0.1) is 0 Å². The van der Waals surface area contributed by atoms with Crippen molar-refractivity contribution in [3.8, 4) is 0 Å². The molecule has 0 bridgehead atoms. The van der Waals surface area contributed by atoms with E-state index < -0.39 is 60.2 Å². The van der Waals surface area contributed by atoms with E-state index in [4.69, 9.17) is 18.9 Å². The summed E-state index contributed by atoms with van der Waals surface area (Å²) in [4.78, 5) is 80.5. The monoisotopic (exact) mass is 878 g/mol. The molecule has 2 fully saturated rings. The van der Waals surface area contributed by atoms with E-state index in [2.05, 4.69) is 42.5 Å². The van der Waals surface area contributed by atoms with Crippen molar-refractivity contribution >= 4 is 67.8 Å². The largest absolute Gasteiger partial charge is 0.460 e. The molecule has 2 heterocycles. The second-order valence-electron chi connectivity index (χ2n) is 13.0. The van der Waals surface area contributed by atoms with Gasteiger partial charge in [0, 0.05) is 49.4 Å². The van der Waals surface area contributed by atoms with Gasteiger partial charge in [-0.1, -0.05) is 92.5 Å². The van der Waals surface area contributed by atoms with Crippen LogP contribution in [0.25, 0.3) is 0 Å². The Kier molecular flexibility index (Phi) is 18.0. The van der Waals surface area contributed by atoms with Gasteiger partial charge in [-0.2, -0.15) is 0 Å². The number of ether oxygens (including phenoxy) is 4. The van der Waals surface area contributed by atoms with E-state index in [0.29, 0.717) is 12.8 Å². The Balaban J connectivity index is 1.32. The molecule has 4 rings (SSSR count). The highest BCUT2D eigenvalue weighted by molar-refractivity contribution is 9.09. The van der Waals surface area contributed by atoms with Gasteiger partial charge in [-0.05, 0) is 36.8 Å². The van der Waals surface area contributed by atoms with Crippen molar-refractivity contribution in [3.63, 3.8) is 0 Å². The van der Waals surface area contributed by atoms with Crippen LogP contribution in [-0.2, 0) is 51.3 Å². The fourth-order valence-electron chi connectivity index (χ4n) is 6.10. The van der Waals surface area contributed by atoms with Gasteiger partial charge < -0.3 is 29.6 Å². The van der Waals surface area contributed by atoms with Gasteiger partial charge >= 0.3 is 24.1 Å². The molecule has 2 saturated heterocycles. The summed E-state index contributed by atoms with van der Waals surface area (Å²) < 4.78 is 22.2. The summed E-state index contributed by atoms with van der Waals surface area (Å²) in [6.07, 6.45) is 0.700. The first kappa shape index (κ1) is 42.6. The Morgan fingerprint density at radius 3 is 1.35 bits per heavy atom. The number of amides is 4. The lowest BCUT2D eigenvalue weighted by molar-refractivity contribution is -0.149. The highest BCUT2D eigenvalue weighted by atomic mass is 79.9. The van der Waals surface area contributed by atoms with Crippen LogP contribution in [0.3, 0.4) is 0 Å². The second kappa shape index (κ2) is 22.9. The van der Waals surface area contributed by atoms with Crippen LogP contribution in [0.4, 0.5) is 9.59 Å². The molecular formula is C38H48Br2N4O10. The first-order valence-electron chi connectivity index (χ1n) is 18.2. The normalized spacial score (nSPS) is 19.1. The van der Waals surface area contributed by atoms with Crippen LogP contribution in [0, 0.1) is 0 Å². The van der Waals surface area contributed by atoms with Crippen LogP contribution >= 0.6 is 31.9 Å². The van der Waals surface area contributed by atoms with Gasteiger partial charge in [0.25, 0.3) is 0 Å². The molecule has 2 aliphatic heterocycles. The molecule has 0 radical (unpaired) electrons. The molecule has 2 aromatic carbocycles. The van der Waals surface area contributed by atoms with E-state index in [9.17, 15) is 28.8 Å². The van der Waals surface area contributed by atoms with Crippen LogP contribution in [0.2, 0.25) is 0 Å². The summed E-state index contributed by atoms with van der Waals surface area (Å²) in [5.74, 6) is -1.81. The van der Waals surface area contributed by atoms with Crippen LogP contribution in [0.1, 0.15) is 62.5 Å². The summed E-state index contributed by atoms with van der Waals surface area (Å²) in [5.41, 5.74) is 1.55. The van der Waals surface area contributed by atoms with E-state index in [1.807, 2.05) is 60.7 Å². The molecule has 2 N–H and O–H groups in total. The summed E-state index contributed by atoms with van der Waals surface area (Å²) in [5, 5.41) is 7.03. The molecule has 2 aromatic rings. The zero-order valence-corrected chi connectivity index (χ0v) is 33.3. The minimum atomic E-state index is -0.973. The molecule has 0 unspecified atom stereocenters. The number of alkyl halides is 2. The van der Waals surface area contributed by atoms with E-state index in [1.165, 1.54) is 9.80 Å². The molecule has 0 aromatic heterocycles. The quantitative estimate of drug-likeness (QED) is 0.0849. The van der Waals surface area contributed by atoms with Crippen molar-refractivity contribution in [3.05, 3.63) is 71.8 Å². The second-order valence-corrected chi connectivity index (χ2v) is 14.6. The maximum Gasteiger partial charge on any atom is 0.410 e. The highest BCUT2D eigenvalue weighted by Crippen LogP contribution is 2.25. The first-order chi connectivity index (χ1) is 26.2. The van der Waals surface area contributed by atoms with Crippen molar-refractivity contribution in [2.45, 2.75) is 88.9 Å². The third kappa shape index (κ3) is 13.9. The van der Waals surface area contributed by atoms with E-state index in [1.54, 1.807) is 0 Å². The summed E-state index contributed by atoms with van der Waals surface area (Å²) in [6.45, 7) is -0.00471. The zero-order valence-electron chi connectivity index (χ0n) is 30.1. The number of hydrogen-bond donors (Lipinski definition) is 2. The van der Waals surface area contributed by atoms with Gasteiger partial charge in [0.05, 0.1) is 13.1 Å². The minimum Gasteiger partial charge on any atom is -0.460 e. The molecule has 16 heteroatoms. The molecule has 0 saturated carbocycles. The average Bonchev–Trinajstić information content (AvgIpc) is 3.80. The predicted molar refractivity (Wildman–Crippen MR) is 205 cm³/mol. The van der Waals surface area contributed by atoms with Crippen LogP contribution < -0.4 is 10.6 Å². The SMILES string of the molecule is O=C(CCCCBr)O[C@@H]1C[C@@H](C(=O)NCCNC(=O)[C@@H]2C[C@@H](OC(=O)CCCCBr)CN2C(=O)OCc2ccccc2)N(C(=O)OCc2ccccc2)C1. The molecule has 4 amide bonds. The van der Waals surface area contributed by atoms with Gasteiger partial charge in [-0.3, -0.25) is 29.0 Å². The molecule has 14 nitrogen and oxygen atoms in total. The number of carbonyl (C=O) groups excluding carboxylic acids is 6. The van der Waals surface area contributed by atoms with Crippen molar-refractivity contribution in [2.75, 3.05) is 36.8 Å². The Bertz CT molecular complexity index is 1420. The van der Waals surface area contributed by atoms with Crippen molar-refractivity contribution in [1.29, 1.82) is 0 Å². The summed E-state index contributed by atoms with van der Waals surface area (Å²) in [6, 6.07) is 16.3. The third-order valence-corrected chi connectivity index (χ3v) is 9.98. The Labute approximate surface area is 332 Å². The van der Waals surface area contributed by atoms with Crippen LogP contribution in [0.5, 0.6) is 0 Å². The fourth-order valence-corrected chi connectivity index (χ4v) is 6.89. The van der Waals surface area contributed by atoms with E-state index in [-0.39, 0.29) is 65.1 Å². The zero-order chi connectivity index (χ0) is 38.7. The van der Waals surface area contributed by atoms with Gasteiger partial charge in [0.2, 0.25) is 11.8 Å². The molecule has 0 spiro atoms. The van der Waals surface area contributed by atoms with E-state index in [0.717, 1.165) is 34.6 Å². The number of likely N-dealkylation sites (tertiary alicyclic amines) is 2. The summed E-state index contributed by atoms with van der Waals surface area (Å²) in [7, 11) is 0. The lowest BCUT2D eigenvalue weighted by Gasteiger charge is -2.24. The van der Waals surface area contributed by atoms with Gasteiger partial charge in [0.1, 0.15) is 37.5 Å². The molecule has 294 valence electrons. The lowest BCUT2D eigenvalue weighted by atomic mass is 10.1. The standard InChI is InChI=1S/C38H48Br2N4O10/c39-17-9-7-15-33(45)53-29-21-31(43(23-29)37(49)51-25-27-11-3-1-4-12-27)35(47)41-19-20-42-36(48)32-22-30(54-34(46)16-8-10-18-40)24-44(32)38(50)52-26-28-13-5-2-6-14-28/h1-6,11-14,29-32H,7-10,15-26H2,(H,41,47)(H,42,48)/t29-,30-,31+,32+/m1/s1. The van der Waals surface area contributed by atoms with Crippen LogP contribution in [0.15, 0.2) is 60.7 Å². The number of nitrogens with zero attached hydrogens (tertiary/aromatic N) is 2. The number of benzene rings is 2. The molecule has 4 atom stereocenters. The third-order valence-electron chi connectivity index (χ3n) is 8.86. The fraction of sp³-hybridized carbons (Fsp3) is 0.526. The minimum absolute atomic E-state index is 0.00212. The van der Waals surface area contributed by atoms with Crippen molar-refractivity contribution < 1.29 is 47.7 Å². The number of unbranched alkanes of at least 4 members (excludes halogenated alkanes) is 2. The average molecular weight is 881 g/mol. The lowest BCUT2D eigenvalue weighted by Crippen LogP contribution is -2.49. The topological polar surface area (TPSA) is 170 Å². The highest BCUT2D eigenvalue weighted by Gasteiger charge is 2.43. The maximum atomic E-state index is 13.4. The number of hydrogen-bond acceptors (Lipinski definition) is 10. The summed E-state index contributed by atoms with van der Waals surface area (Å²) >= 11 is 6.68. The van der Waals surface area contributed by atoms with E-state index >= 15 is 0 Å². The van der Waals surface area contributed by atoms with Crippen molar-refractivity contribution in [1.82, 2.24) is 20.4 Å². The van der Waals surface area contributed by atoms with Crippen LogP contribution in [-0.4, -0.2) is 107 Å². The maximum absolute atomic E-state index is 13.4. The Hall–Kier alpha value is -4.18. The molecule has 54 heavy (non-hydrogen) atoms. The number of esters is 2. The van der Waals surface area contributed by atoms with Gasteiger partial charge in [0.15, 0.2) is 0 Å². The number of nitrogens with one attached hydrogen (secondary N) is 2. The molecule has 2 aliphatic rings. The Morgan fingerprint density at radius 1 is 0.593 bits per heavy atom.